The van der Waals surface area contributed by atoms with Gasteiger partial charge in [0.1, 0.15) is 41.0 Å². The molecular weight excluding hydrogens is 1470 g/mol. The van der Waals surface area contributed by atoms with Crippen molar-refractivity contribution in [3.8, 4) is 39.4 Å². The van der Waals surface area contributed by atoms with Gasteiger partial charge in [-0.15, -0.1) is 0 Å². The summed E-state index contributed by atoms with van der Waals surface area (Å²) in [6, 6.07) is 48.3. The third kappa shape index (κ3) is 18.4. The highest BCUT2D eigenvalue weighted by Crippen LogP contribution is 2.32. The fourth-order valence-electron chi connectivity index (χ4n) is 11.9. The molecular formula is C82H68F6N22O4. The lowest BCUT2D eigenvalue weighted by molar-refractivity contribution is 0.0171. The van der Waals surface area contributed by atoms with Gasteiger partial charge in [-0.3, -0.25) is 29.6 Å². The van der Waals surface area contributed by atoms with E-state index in [1.807, 2.05) is 104 Å². The molecule has 0 aliphatic heterocycles. The van der Waals surface area contributed by atoms with E-state index in [-0.39, 0.29) is 65.1 Å². The molecule has 0 spiro atoms. The number of amides is 3. The number of hydrogen-bond acceptors (Lipinski definition) is 19. The number of fused-ring (bicyclic) bond motifs is 3. The molecule has 15 aromatic rings. The van der Waals surface area contributed by atoms with Crippen molar-refractivity contribution in [1.29, 1.82) is 5.26 Å². The number of nitriles is 1. The van der Waals surface area contributed by atoms with Crippen LogP contribution in [0.4, 0.5) is 61.1 Å². The number of nitrogens with two attached hydrogens (primary N) is 2. The average molecular weight is 1540 g/mol. The summed E-state index contributed by atoms with van der Waals surface area (Å²) in [4.78, 5) is 87.0. The Balaban J connectivity index is 0.000000149. The highest BCUT2D eigenvalue weighted by Gasteiger charge is 2.28. The van der Waals surface area contributed by atoms with Crippen LogP contribution < -0.4 is 43.7 Å². The van der Waals surface area contributed by atoms with Crippen LogP contribution in [0.2, 0.25) is 0 Å². The Hall–Kier alpha value is -15.2. The van der Waals surface area contributed by atoms with Gasteiger partial charge in [0.2, 0.25) is 0 Å². The number of H-pyrrole nitrogens is 4. The summed E-state index contributed by atoms with van der Waals surface area (Å²) in [6.07, 6.45) is 9.07. The highest BCUT2D eigenvalue weighted by molar-refractivity contribution is 6.07. The number of pyridine rings is 5. The number of nitrogens with zero attached hydrogens (tertiary/aromatic N) is 11. The van der Waals surface area contributed by atoms with Crippen molar-refractivity contribution in [2.75, 3.05) is 39.8 Å². The van der Waals surface area contributed by atoms with Crippen LogP contribution in [-0.4, -0.2) is 94.9 Å². The van der Waals surface area contributed by atoms with Gasteiger partial charge in [0.25, 0.3) is 23.6 Å². The minimum atomic E-state index is -3.19. The number of alkyl halides is 2. The van der Waals surface area contributed by atoms with Crippen LogP contribution >= 0.6 is 0 Å². The Kier molecular flexibility index (Phi) is 22.8. The summed E-state index contributed by atoms with van der Waals surface area (Å²) >= 11 is 0. The Morgan fingerprint density at radius 3 is 1.68 bits per heavy atom. The van der Waals surface area contributed by atoms with Crippen molar-refractivity contribution in [3.63, 3.8) is 0 Å². The lowest BCUT2D eigenvalue weighted by atomic mass is 10.0. The van der Waals surface area contributed by atoms with E-state index in [0.717, 1.165) is 97.7 Å². The van der Waals surface area contributed by atoms with Crippen molar-refractivity contribution in [2.24, 2.45) is 0 Å². The number of aromatic nitrogens is 13. The second kappa shape index (κ2) is 33.8. The van der Waals surface area contributed by atoms with E-state index < -0.39 is 40.8 Å². The van der Waals surface area contributed by atoms with Crippen LogP contribution in [0.1, 0.15) is 95.7 Å². The summed E-state index contributed by atoms with van der Waals surface area (Å²) < 4.78 is 81.6. The molecule has 0 saturated heterocycles. The van der Waals surface area contributed by atoms with Gasteiger partial charge in [-0.05, 0) is 143 Å². The number of carbonyl (C=O) groups is 3. The highest BCUT2D eigenvalue weighted by atomic mass is 19.3. The molecule has 6 aromatic carbocycles. The SMILES string of the molecule is CC(F)(F)c1cnc(NCc2ccc(-c3cnc4n[nH]c(N)c4c3)cc2)c(C(=O)Nc2ccc(F)cc2)c1.CN(Cc1ccc(F)c(F)c1)C(=O)c1nc(C#N)cnc1NCc1ccc(-c2cnc3n[nH]c(N)c3c2)cc1.Cc1cc([C@H](C)NC(=O)c2cccnc2NCc2ccc(-c3cnc4[nH]c(=O)[nH]c4c3)cc2)ccc1F. The molecule has 0 unspecified atom stereocenters. The van der Waals surface area contributed by atoms with Crippen molar-refractivity contribution >= 4 is 85.7 Å². The standard InChI is InChI=1S/C28H25FN6O2.C27H22F3N7O.C27H21F2N9O/c1-16-12-20(9-10-23(16)29)17(2)33-27(36)22-4-3-11-30-25(22)31-14-18-5-7-19(8-6-18)21-13-24-26(32-15-21)35-28(37)34-24;1-27(29,30)18-11-22(26(38)35-20-8-6-19(28)7-9-20)24(34-14-18)32-12-15-2-4-16(5-3-15)17-10-21-23(31)36-37-25(21)33-13-17;1-38(14-16-4-7-21(28)22(29)8-16)27(39)23-26(34-13-19(10-30)35-23)32-11-15-2-5-17(6-3-15)18-9-20-24(31)36-37-25(20)33-12-18/h3-13,15,17H,14H2,1-2H3,(H,30,31)(H,33,36)(H2,32,34,35,37);2-11,13-14H,12H2,1H3,(H,32,34)(H,35,38)(H3,31,33,36,37);2-9,12-13H,11,14H2,1H3,(H,32,34)(H3,31,33,36,37)/t17-;;/m0../s1. The summed E-state index contributed by atoms with van der Waals surface area (Å²) in [6.45, 7) is 5.35. The van der Waals surface area contributed by atoms with E-state index >= 15 is 0 Å². The molecule has 26 nitrogen and oxygen atoms in total. The van der Waals surface area contributed by atoms with Gasteiger partial charge < -0.3 is 47.9 Å². The van der Waals surface area contributed by atoms with Gasteiger partial charge in [-0.1, -0.05) is 91.0 Å². The topological polar surface area (TPSA) is 387 Å². The minimum Gasteiger partial charge on any atom is -0.384 e. The number of hydrogen-bond donors (Lipinski definition) is 11. The van der Waals surface area contributed by atoms with Crippen LogP contribution in [0.3, 0.4) is 0 Å². The number of carbonyl (C=O) groups excluding carboxylic acids is 3. The molecule has 15 rings (SSSR count). The Morgan fingerprint density at radius 1 is 0.570 bits per heavy atom. The van der Waals surface area contributed by atoms with Crippen LogP contribution in [0.5, 0.6) is 0 Å². The maximum atomic E-state index is 14.0. The average Bonchev–Trinajstić information content (AvgIpc) is 0.932. The summed E-state index contributed by atoms with van der Waals surface area (Å²) in [5.74, 6) is -5.70. The lowest BCUT2D eigenvalue weighted by Crippen LogP contribution is -2.28. The van der Waals surface area contributed by atoms with E-state index in [2.05, 4.69) is 91.8 Å². The van der Waals surface area contributed by atoms with Crippen molar-refractivity contribution in [1.82, 2.24) is 75.5 Å². The largest absolute Gasteiger partial charge is 0.384 e. The van der Waals surface area contributed by atoms with Gasteiger partial charge in [-0.25, -0.2) is 66.0 Å². The molecule has 9 heterocycles. The van der Waals surface area contributed by atoms with Crippen LogP contribution in [-0.2, 0) is 32.1 Å². The maximum Gasteiger partial charge on any atom is 0.325 e. The Morgan fingerprint density at radius 2 is 1.11 bits per heavy atom. The number of imidazole rings is 1. The number of nitrogens with one attached hydrogen (secondary N) is 9. The minimum absolute atomic E-state index is 0.000509. The fourth-order valence-corrected chi connectivity index (χ4v) is 11.9. The number of aryl methyl sites for hydroxylation is 1. The van der Waals surface area contributed by atoms with Crippen molar-refractivity contribution < 1.29 is 40.7 Å². The zero-order valence-corrected chi connectivity index (χ0v) is 61.0. The smallest absolute Gasteiger partial charge is 0.325 e. The third-order valence-corrected chi connectivity index (χ3v) is 18.2. The molecule has 32 heteroatoms. The number of anilines is 6. The molecule has 0 aliphatic rings. The molecule has 114 heavy (non-hydrogen) atoms. The molecule has 3 amide bonds. The molecule has 0 bridgehead atoms. The summed E-state index contributed by atoms with van der Waals surface area (Å²) in [7, 11) is 1.50. The first kappa shape index (κ1) is 77.0. The lowest BCUT2D eigenvalue weighted by Gasteiger charge is -2.19. The van der Waals surface area contributed by atoms with Crippen molar-refractivity contribution in [3.05, 3.63) is 302 Å². The van der Waals surface area contributed by atoms with E-state index in [9.17, 15) is 50.8 Å². The first-order chi connectivity index (χ1) is 54.9. The van der Waals surface area contributed by atoms with Gasteiger partial charge in [0.05, 0.1) is 39.7 Å². The fraction of sp³-hybridized carbons (Fsp3) is 0.122. The molecule has 572 valence electrons. The Labute approximate surface area is 644 Å². The third-order valence-electron chi connectivity index (χ3n) is 18.2. The molecule has 0 saturated carbocycles. The zero-order valence-electron chi connectivity index (χ0n) is 61.0. The summed E-state index contributed by atoms with van der Waals surface area (Å²) in [5, 5.41) is 39.2. The van der Waals surface area contributed by atoms with E-state index in [1.165, 1.54) is 54.5 Å². The van der Waals surface area contributed by atoms with Gasteiger partial charge in [0.15, 0.2) is 45.8 Å². The van der Waals surface area contributed by atoms with Crippen LogP contribution in [0.15, 0.2) is 212 Å². The normalized spacial score (nSPS) is 11.4. The molecule has 0 aliphatic carbocycles. The monoisotopic (exact) mass is 1540 g/mol. The second-order valence-electron chi connectivity index (χ2n) is 26.4. The Bertz CT molecular complexity index is 6170. The number of rotatable bonds is 21. The first-order valence-electron chi connectivity index (χ1n) is 35.1. The first-order valence-corrected chi connectivity index (χ1v) is 35.1. The zero-order chi connectivity index (χ0) is 80.3. The molecule has 13 N–H and O–H groups in total. The van der Waals surface area contributed by atoms with Crippen LogP contribution in [0, 0.1) is 41.5 Å². The number of benzene rings is 6. The molecule has 0 radical (unpaired) electrons. The van der Waals surface area contributed by atoms with Crippen molar-refractivity contribution in [2.45, 2.75) is 58.9 Å². The number of halogens is 6. The summed E-state index contributed by atoms with van der Waals surface area (Å²) in [5.41, 5.74) is 23.9. The molecule has 1 atom stereocenters. The van der Waals surface area contributed by atoms with Crippen LogP contribution in [0.25, 0.3) is 66.6 Å². The quantitative estimate of drug-likeness (QED) is 0.0298. The predicted molar refractivity (Wildman–Crippen MR) is 420 cm³/mol. The molecule has 0 fully saturated rings. The predicted octanol–water partition coefficient (Wildman–Crippen LogP) is 14.6. The number of nitrogen functional groups attached to an aromatic ring is 2. The number of aromatic amines is 4. The molecule has 9 aromatic heterocycles. The van der Waals surface area contributed by atoms with Gasteiger partial charge in [-0.2, -0.15) is 15.5 Å². The van der Waals surface area contributed by atoms with E-state index in [4.69, 9.17) is 11.5 Å². The van der Waals surface area contributed by atoms with E-state index in [0.29, 0.717) is 75.4 Å². The van der Waals surface area contributed by atoms with Gasteiger partial charge >= 0.3 is 5.69 Å². The second-order valence-corrected chi connectivity index (χ2v) is 26.4. The van der Waals surface area contributed by atoms with Gasteiger partial charge in [0, 0.05) is 99.1 Å². The van der Waals surface area contributed by atoms with E-state index in [1.54, 1.807) is 56.0 Å². The maximum absolute atomic E-state index is 14.0.